The summed E-state index contributed by atoms with van der Waals surface area (Å²) in [6.07, 6.45) is 0. The molecule has 1 aromatic carbocycles. The highest BCUT2D eigenvalue weighted by molar-refractivity contribution is 6.36. The Hall–Kier alpha value is -0.410. The van der Waals surface area contributed by atoms with E-state index in [1.54, 1.807) is 0 Å². The van der Waals surface area contributed by atoms with E-state index in [1.807, 2.05) is 13.8 Å². The van der Waals surface area contributed by atoms with Crippen molar-refractivity contribution in [1.82, 2.24) is 0 Å². The Bertz CT molecular complexity index is 232. The summed E-state index contributed by atoms with van der Waals surface area (Å²) in [5, 5.41) is -0.974. The Labute approximate surface area is 90.6 Å². The third kappa shape index (κ3) is 2.34. The van der Waals surface area contributed by atoms with Crippen LogP contribution in [0.15, 0.2) is 0 Å². The molecule has 80 valence electrons. The van der Waals surface area contributed by atoms with Gasteiger partial charge in [0, 0.05) is 0 Å². The van der Waals surface area contributed by atoms with Gasteiger partial charge < -0.3 is 0 Å². The first kappa shape index (κ1) is 13.6. The summed E-state index contributed by atoms with van der Waals surface area (Å²) in [7, 11) is 0. The smallest absolute Gasteiger partial charge is 0.197 e. The molecule has 0 nitrogen and oxygen atoms in total. The second-order valence-corrected chi connectivity index (χ2v) is 2.95. The zero-order valence-electron chi connectivity index (χ0n) is 7.89. The number of benzene rings is 1. The van der Waals surface area contributed by atoms with Gasteiger partial charge >= 0.3 is 0 Å². The van der Waals surface area contributed by atoms with E-state index in [4.69, 9.17) is 23.2 Å². The Kier molecular flexibility index (Phi) is 5.31. The van der Waals surface area contributed by atoms with Gasteiger partial charge in [0.05, 0.1) is 10.0 Å². The van der Waals surface area contributed by atoms with Gasteiger partial charge in [-0.2, -0.15) is 0 Å². The molecule has 0 spiro atoms. The van der Waals surface area contributed by atoms with Gasteiger partial charge in [0.25, 0.3) is 0 Å². The molecule has 1 rings (SSSR count). The molecule has 0 saturated carbocycles. The van der Waals surface area contributed by atoms with Gasteiger partial charge in [-0.25, -0.2) is 13.2 Å². The number of rotatable bonds is 0. The Morgan fingerprint density at radius 2 is 1.07 bits per heavy atom. The van der Waals surface area contributed by atoms with E-state index in [1.165, 1.54) is 6.92 Å². The number of halogens is 5. The maximum absolute atomic E-state index is 12.6. The largest absolute Gasteiger partial charge is 0.202 e. The first-order valence-corrected chi connectivity index (χ1v) is 4.70. The molecule has 5 heteroatoms. The van der Waals surface area contributed by atoms with Crippen molar-refractivity contribution >= 4 is 23.2 Å². The predicted molar refractivity (Wildman–Crippen MR) is 52.4 cm³/mol. The standard InChI is InChI=1S/C7H3Cl2F3.C2H6/c1-2-3(8)5(10)7(12)6(11)4(2)9;1-2/h1H3;1-2H3. The second kappa shape index (κ2) is 5.47. The van der Waals surface area contributed by atoms with Crippen LogP contribution in [0.1, 0.15) is 19.4 Å². The van der Waals surface area contributed by atoms with Crippen LogP contribution in [0.4, 0.5) is 13.2 Å². The van der Waals surface area contributed by atoms with Crippen LogP contribution in [-0.4, -0.2) is 0 Å². The fourth-order valence-electron chi connectivity index (χ4n) is 0.715. The van der Waals surface area contributed by atoms with Crippen molar-refractivity contribution in [2.75, 3.05) is 0 Å². The maximum atomic E-state index is 12.6. The molecule has 0 aliphatic carbocycles. The molecule has 0 amide bonds. The van der Waals surface area contributed by atoms with Gasteiger partial charge in [0.1, 0.15) is 0 Å². The normalized spacial score (nSPS) is 9.43. The SMILES string of the molecule is CC.Cc1c(Cl)c(F)c(F)c(F)c1Cl. The van der Waals surface area contributed by atoms with Crippen molar-refractivity contribution in [1.29, 1.82) is 0 Å². The predicted octanol–water partition coefficient (Wildman–Crippen LogP) is 4.75. The third-order valence-electron chi connectivity index (χ3n) is 1.43. The van der Waals surface area contributed by atoms with Crippen molar-refractivity contribution in [3.63, 3.8) is 0 Å². The number of hydrogen-bond donors (Lipinski definition) is 0. The van der Waals surface area contributed by atoms with Gasteiger partial charge in [-0.15, -0.1) is 0 Å². The summed E-state index contributed by atoms with van der Waals surface area (Å²) >= 11 is 10.6. The van der Waals surface area contributed by atoms with E-state index in [0.717, 1.165) is 0 Å². The lowest BCUT2D eigenvalue weighted by Crippen LogP contribution is -1.96. The lowest BCUT2D eigenvalue weighted by molar-refractivity contribution is 0.446. The van der Waals surface area contributed by atoms with Crippen LogP contribution in [0.2, 0.25) is 10.0 Å². The zero-order chi connectivity index (χ0) is 11.5. The fraction of sp³-hybridized carbons (Fsp3) is 0.333. The molecule has 0 atom stereocenters. The second-order valence-electron chi connectivity index (χ2n) is 2.19. The van der Waals surface area contributed by atoms with Gasteiger partial charge in [0.15, 0.2) is 17.5 Å². The van der Waals surface area contributed by atoms with Crippen molar-refractivity contribution in [2.45, 2.75) is 20.8 Å². The highest BCUT2D eigenvalue weighted by Crippen LogP contribution is 2.31. The van der Waals surface area contributed by atoms with Gasteiger partial charge in [-0.05, 0) is 12.5 Å². The highest BCUT2D eigenvalue weighted by atomic mass is 35.5. The topological polar surface area (TPSA) is 0 Å². The van der Waals surface area contributed by atoms with E-state index < -0.39 is 27.5 Å². The van der Waals surface area contributed by atoms with Crippen molar-refractivity contribution in [3.8, 4) is 0 Å². The molecule has 0 aliphatic rings. The molecule has 0 saturated heterocycles. The Balaban J connectivity index is 0.000000791. The van der Waals surface area contributed by atoms with E-state index in [0.29, 0.717) is 0 Å². The summed E-state index contributed by atoms with van der Waals surface area (Å²) in [5.74, 6) is -4.46. The molecule has 14 heavy (non-hydrogen) atoms. The fourth-order valence-corrected chi connectivity index (χ4v) is 1.12. The van der Waals surface area contributed by atoms with Crippen LogP contribution in [0.5, 0.6) is 0 Å². The number of hydrogen-bond acceptors (Lipinski definition) is 0. The summed E-state index contributed by atoms with van der Waals surface area (Å²) < 4.78 is 37.8. The Morgan fingerprint density at radius 1 is 0.786 bits per heavy atom. The van der Waals surface area contributed by atoms with Gasteiger partial charge in [-0.1, -0.05) is 37.0 Å². The van der Waals surface area contributed by atoms with Crippen molar-refractivity contribution in [2.24, 2.45) is 0 Å². The lowest BCUT2D eigenvalue weighted by Gasteiger charge is -2.04. The van der Waals surface area contributed by atoms with Crippen LogP contribution in [0.3, 0.4) is 0 Å². The first-order valence-electron chi connectivity index (χ1n) is 3.94. The molecule has 0 unspecified atom stereocenters. The monoisotopic (exact) mass is 244 g/mol. The minimum absolute atomic E-state index is 0.00488. The lowest BCUT2D eigenvalue weighted by atomic mass is 10.2. The minimum Gasteiger partial charge on any atom is -0.202 e. The van der Waals surface area contributed by atoms with E-state index >= 15 is 0 Å². The van der Waals surface area contributed by atoms with Gasteiger partial charge in [-0.3, -0.25) is 0 Å². The van der Waals surface area contributed by atoms with E-state index in [9.17, 15) is 13.2 Å². The van der Waals surface area contributed by atoms with Crippen molar-refractivity contribution in [3.05, 3.63) is 33.1 Å². The zero-order valence-corrected chi connectivity index (χ0v) is 9.40. The van der Waals surface area contributed by atoms with Crippen molar-refractivity contribution < 1.29 is 13.2 Å². The average Bonchev–Trinajstić information content (AvgIpc) is 2.24. The summed E-state index contributed by atoms with van der Waals surface area (Å²) in [5.41, 5.74) is -0.00488. The molecule has 0 aliphatic heterocycles. The molecule has 1 aromatic rings. The van der Waals surface area contributed by atoms with Crippen LogP contribution in [0.25, 0.3) is 0 Å². The molecule has 0 heterocycles. The third-order valence-corrected chi connectivity index (χ3v) is 2.33. The molecule has 0 fully saturated rings. The van der Waals surface area contributed by atoms with Gasteiger partial charge in [0.2, 0.25) is 0 Å². The molecule has 0 aromatic heterocycles. The molecule has 0 bridgehead atoms. The highest BCUT2D eigenvalue weighted by Gasteiger charge is 2.19. The minimum atomic E-state index is -1.64. The van der Waals surface area contributed by atoms with Crippen LogP contribution in [0, 0.1) is 24.4 Å². The molecular formula is C9H9Cl2F3. The van der Waals surface area contributed by atoms with Crippen LogP contribution < -0.4 is 0 Å². The van der Waals surface area contributed by atoms with E-state index in [2.05, 4.69) is 0 Å². The average molecular weight is 245 g/mol. The Morgan fingerprint density at radius 3 is 1.36 bits per heavy atom. The van der Waals surface area contributed by atoms with Crippen LogP contribution in [-0.2, 0) is 0 Å². The summed E-state index contributed by atoms with van der Waals surface area (Å²) in [4.78, 5) is 0. The maximum Gasteiger partial charge on any atom is 0.197 e. The first-order chi connectivity index (χ1) is 6.46. The van der Waals surface area contributed by atoms with E-state index in [-0.39, 0.29) is 5.56 Å². The summed E-state index contributed by atoms with van der Waals surface area (Å²) in [6.45, 7) is 5.30. The quantitative estimate of drug-likeness (QED) is 0.457. The van der Waals surface area contributed by atoms with Crippen LogP contribution >= 0.6 is 23.2 Å². The molecule has 0 radical (unpaired) electrons. The summed E-state index contributed by atoms with van der Waals surface area (Å²) in [6, 6.07) is 0. The molecular weight excluding hydrogens is 236 g/mol. The molecule has 0 N–H and O–H groups in total.